The number of rotatable bonds is 5. The molecule has 0 aromatic carbocycles. The predicted octanol–water partition coefficient (Wildman–Crippen LogP) is 1.99. The van der Waals surface area contributed by atoms with Crippen molar-refractivity contribution >= 4 is 22.1 Å². The highest BCUT2D eigenvalue weighted by Crippen LogP contribution is 2.30. The molecule has 6 heteroatoms. The van der Waals surface area contributed by atoms with Crippen LogP contribution in [-0.2, 0) is 6.54 Å². The van der Waals surface area contributed by atoms with E-state index < -0.39 is 0 Å². The second kappa shape index (κ2) is 6.11. The Morgan fingerprint density at radius 3 is 2.90 bits per heavy atom. The summed E-state index contributed by atoms with van der Waals surface area (Å²) in [5.74, 6) is 0.973. The monoisotopic (exact) mass is 294 g/mol. The van der Waals surface area contributed by atoms with Gasteiger partial charge in [-0.2, -0.15) is 0 Å². The zero-order valence-corrected chi connectivity index (χ0v) is 12.5. The molecule has 0 radical (unpaired) electrons. The summed E-state index contributed by atoms with van der Waals surface area (Å²) in [6.45, 7) is 1.27. The summed E-state index contributed by atoms with van der Waals surface area (Å²) in [4.78, 5) is 8.02. The molecule has 2 aromatic rings. The number of fused-ring (bicyclic) bond motifs is 1. The van der Waals surface area contributed by atoms with E-state index in [0.717, 1.165) is 16.5 Å². The van der Waals surface area contributed by atoms with Gasteiger partial charge in [-0.05, 0) is 12.8 Å². The van der Waals surface area contributed by atoms with Crippen molar-refractivity contribution in [3.8, 4) is 0 Å². The van der Waals surface area contributed by atoms with Crippen molar-refractivity contribution in [3.05, 3.63) is 17.3 Å². The first-order valence-electron chi connectivity index (χ1n) is 7.37. The van der Waals surface area contributed by atoms with Gasteiger partial charge in [0.05, 0.1) is 12.3 Å². The largest absolute Gasteiger partial charge is 0.395 e. The summed E-state index contributed by atoms with van der Waals surface area (Å²) >= 11 is 1.63. The first kappa shape index (κ1) is 13.9. The van der Waals surface area contributed by atoms with E-state index in [1.165, 1.54) is 32.1 Å². The van der Waals surface area contributed by atoms with E-state index in [9.17, 15) is 5.11 Å². The van der Waals surface area contributed by atoms with Gasteiger partial charge in [-0.15, -0.1) is 11.3 Å². The highest BCUT2D eigenvalue weighted by Gasteiger charge is 2.26. The minimum atomic E-state index is 0.158. The van der Waals surface area contributed by atoms with E-state index in [-0.39, 0.29) is 6.61 Å². The number of hydrogen-bond acceptors (Lipinski definition) is 5. The Kier molecular flexibility index (Phi) is 4.24. The number of aromatic nitrogens is 2. The third-order valence-electron chi connectivity index (χ3n) is 4.16. The van der Waals surface area contributed by atoms with Crippen LogP contribution in [0.1, 0.15) is 37.8 Å². The Bertz CT molecular complexity index is 559. The van der Waals surface area contributed by atoms with Crippen LogP contribution in [0, 0.1) is 0 Å². The average molecular weight is 294 g/mol. The number of anilines is 1. The lowest BCUT2D eigenvalue weighted by Crippen LogP contribution is -2.39. The highest BCUT2D eigenvalue weighted by atomic mass is 32.1. The molecule has 0 spiro atoms. The first-order valence-corrected chi connectivity index (χ1v) is 8.25. The molecule has 1 saturated carbocycles. The Morgan fingerprint density at radius 2 is 2.20 bits per heavy atom. The maximum absolute atomic E-state index is 9.41. The van der Waals surface area contributed by atoms with Crippen LogP contribution in [0.25, 0.3) is 4.96 Å². The van der Waals surface area contributed by atoms with E-state index >= 15 is 0 Å². The number of aliphatic hydroxyl groups excluding tert-OH is 1. The maximum Gasteiger partial charge on any atom is 0.195 e. The number of imidazole rings is 1. The van der Waals surface area contributed by atoms with Gasteiger partial charge < -0.3 is 15.7 Å². The molecule has 1 aliphatic carbocycles. The van der Waals surface area contributed by atoms with Crippen LogP contribution < -0.4 is 10.6 Å². The molecule has 3 rings (SSSR count). The Labute approximate surface area is 123 Å². The third kappa shape index (κ3) is 2.43. The van der Waals surface area contributed by atoms with E-state index in [1.54, 1.807) is 11.3 Å². The lowest BCUT2D eigenvalue weighted by atomic mass is 9.94. The molecule has 3 N–H and O–H groups in total. The van der Waals surface area contributed by atoms with E-state index in [1.807, 2.05) is 11.6 Å². The minimum absolute atomic E-state index is 0.158. The van der Waals surface area contributed by atoms with Crippen LogP contribution in [0.15, 0.2) is 11.6 Å². The highest BCUT2D eigenvalue weighted by molar-refractivity contribution is 7.15. The van der Waals surface area contributed by atoms with Crippen LogP contribution in [-0.4, -0.2) is 33.7 Å². The smallest absolute Gasteiger partial charge is 0.195 e. The molecule has 0 bridgehead atoms. The molecule has 5 nitrogen and oxygen atoms in total. The van der Waals surface area contributed by atoms with E-state index in [4.69, 9.17) is 10.7 Å². The van der Waals surface area contributed by atoms with Gasteiger partial charge in [0.2, 0.25) is 0 Å². The minimum Gasteiger partial charge on any atom is -0.395 e. The van der Waals surface area contributed by atoms with E-state index in [2.05, 4.69) is 9.30 Å². The second-order valence-corrected chi connectivity index (χ2v) is 6.22. The van der Waals surface area contributed by atoms with Gasteiger partial charge in [-0.25, -0.2) is 4.98 Å². The van der Waals surface area contributed by atoms with Crippen LogP contribution in [0.4, 0.5) is 5.82 Å². The maximum atomic E-state index is 9.41. The fourth-order valence-corrected chi connectivity index (χ4v) is 3.93. The summed E-state index contributed by atoms with van der Waals surface area (Å²) in [5.41, 5.74) is 6.99. The summed E-state index contributed by atoms with van der Waals surface area (Å²) in [7, 11) is 0. The molecule has 1 fully saturated rings. The van der Waals surface area contributed by atoms with Crippen LogP contribution >= 0.6 is 11.3 Å². The lowest BCUT2D eigenvalue weighted by Gasteiger charge is -2.34. The summed E-state index contributed by atoms with van der Waals surface area (Å²) in [6, 6.07) is 0.491. The van der Waals surface area contributed by atoms with Gasteiger partial charge in [-0.3, -0.25) is 4.40 Å². The van der Waals surface area contributed by atoms with Crippen LogP contribution in [0.2, 0.25) is 0 Å². The zero-order chi connectivity index (χ0) is 13.9. The second-order valence-electron chi connectivity index (χ2n) is 5.35. The molecule has 0 saturated heterocycles. The van der Waals surface area contributed by atoms with Crippen LogP contribution in [0.3, 0.4) is 0 Å². The molecule has 1 aliphatic rings. The number of thiazole rings is 1. The number of nitrogens with zero attached hydrogens (tertiary/aromatic N) is 3. The van der Waals surface area contributed by atoms with Crippen molar-refractivity contribution in [1.82, 2.24) is 9.38 Å². The summed E-state index contributed by atoms with van der Waals surface area (Å²) in [6.07, 6.45) is 8.27. The van der Waals surface area contributed by atoms with Gasteiger partial charge in [0.1, 0.15) is 0 Å². The standard InChI is InChI=1S/C14H22N4OS/c15-10-12-13(16-14-18(12)7-9-20-14)17(6-8-19)11-4-2-1-3-5-11/h7,9,11,19H,1-6,8,10,15H2. The summed E-state index contributed by atoms with van der Waals surface area (Å²) in [5, 5.41) is 11.4. The lowest BCUT2D eigenvalue weighted by molar-refractivity contribution is 0.289. The molecular weight excluding hydrogens is 272 g/mol. The number of aliphatic hydroxyl groups is 1. The van der Waals surface area contributed by atoms with Crippen molar-refractivity contribution in [2.75, 3.05) is 18.1 Å². The Hall–Kier alpha value is -1.11. The first-order chi connectivity index (χ1) is 9.85. The van der Waals surface area contributed by atoms with Crippen molar-refractivity contribution in [1.29, 1.82) is 0 Å². The molecule has 0 unspecified atom stereocenters. The molecule has 0 aliphatic heterocycles. The average Bonchev–Trinajstić information content (AvgIpc) is 3.06. The van der Waals surface area contributed by atoms with Crippen LogP contribution in [0.5, 0.6) is 0 Å². The fraction of sp³-hybridized carbons (Fsp3) is 0.643. The summed E-state index contributed by atoms with van der Waals surface area (Å²) < 4.78 is 2.08. The zero-order valence-electron chi connectivity index (χ0n) is 11.7. The molecular formula is C14H22N4OS. The van der Waals surface area contributed by atoms with Crippen molar-refractivity contribution in [2.24, 2.45) is 5.73 Å². The molecule has 2 heterocycles. The predicted molar refractivity (Wildman–Crippen MR) is 82.3 cm³/mol. The van der Waals surface area contributed by atoms with Crippen molar-refractivity contribution < 1.29 is 5.11 Å². The molecule has 2 aromatic heterocycles. The SMILES string of the molecule is NCc1c(N(CCO)C2CCCCC2)nc2sccn12. The molecule has 0 atom stereocenters. The molecule has 20 heavy (non-hydrogen) atoms. The van der Waals surface area contributed by atoms with Gasteiger partial charge in [-0.1, -0.05) is 19.3 Å². The van der Waals surface area contributed by atoms with Gasteiger partial charge in [0.25, 0.3) is 0 Å². The van der Waals surface area contributed by atoms with Gasteiger partial charge >= 0.3 is 0 Å². The van der Waals surface area contributed by atoms with Crippen molar-refractivity contribution in [3.63, 3.8) is 0 Å². The van der Waals surface area contributed by atoms with E-state index in [0.29, 0.717) is 19.1 Å². The quantitative estimate of drug-likeness (QED) is 0.885. The number of hydrogen-bond donors (Lipinski definition) is 2. The van der Waals surface area contributed by atoms with Gasteiger partial charge in [0.15, 0.2) is 10.8 Å². The third-order valence-corrected chi connectivity index (χ3v) is 4.92. The normalized spacial score (nSPS) is 16.9. The Balaban J connectivity index is 1.97. The number of nitrogens with two attached hydrogens (primary N) is 1. The van der Waals surface area contributed by atoms with Gasteiger partial charge in [0, 0.05) is 30.7 Å². The Morgan fingerprint density at radius 1 is 1.40 bits per heavy atom. The molecule has 0 amide bonds. The van der Waals surface area contributed by atoms with Crippen molar-refractivity contribution in [2.45, 2.75) is 44.7 Å². The molecule has 110 valence electrons. The topological polar surface area (TPSA) is 66.8 Å². The fourth-order valence-electron chi connectivity index (χ4n) is 3.20.